The van der Waals surface area contributed by atoms with Gasteiger partial charge in [0.2, 0.25) is 5.79 Å². The maximum absolute atomic E-state index is 12.8. The van der Waals surface area contributed by atoms with Gasteiger partial charge in [-0.3, -0.25) is 9.69 Å². The molecule has 1 N–H and O–H groups in total. The van der Waals surface area contributed by atoms with Crippen molar-refractivity contribution in [3.8, 4) is 17.2 Å². The number of nitrogens with zero attached hydrogens (tertiary/aromatic N) is 1. The molecule has 0 spiro atoms. The average Bonchev–Trinajstić information content (AvgIpc) is 3.03. The van der Waals surface area contributed by atoms with E-state index in [0.29, 0.717) is 27.3 Å². The second kappa shape index (κ2) is 6.58. The molecular formula is C20H17NO4S2. The van der Waals surface area contributed by atoms with Gasteiger partial charge in [-0.15, -0.1) is 0 Å². The molecule has 138 valence electrons. The van der Waals surface area contributed by atoms with Crippen LogP contribution in [0.25, 0.3) is 6.08 Å². The highest BCUT2D eigenvalue weighted by molar-refractivity contribution is 8.26. The number of carbonyl (C=O) groups is 1. The fourth-order valence-corrected chi connectivity index (χ4v) is 4.21. The highest BCUT2D eigenvalue weighted by atomic mass is 32.2. The number of hydrogen-bond acceptors (Lipinski definition) is 6. The lowest BCUT2D eigenvalue weighted by Crippen LogP contribution is -2.29. The van der Waals surface area contributed by atoms with Gasteiger partial charge >= 0.3 is 0 Å². The Kier molecular flexibility index (Phi) is 4.36. The SMILES string of the molecule is CC1(C)Oc2ccc(CN3C(=O)/C(=C/c4cccc(O)c4)SC3=S)cc2O1. The first kappa shape index (κ1) is 17.9. The summed E-state index contributed by atoms with van der Waals surface area (Å²) in [6.07, 6.45) is 1.74. The van der Waals surface area contributed by atoms with E-state index in [0.717, 1.165) is 11.1 Å². The average molecular weight is 399 g/mol. The van der Waals surface area contributed by atoms with E-state index in [1.54, 1.807) is 29.2 Å². The number of amides is 1. The van der Waals surface area contributed by atoms with Crippen LogP contribution in [0.5, 0.6) is 17.2 Å². The lowest BCUT2D eigenvalue weighted by molar-refractivity contribution is -0.122. The zero-order chi connectivity index (χ0) is 19.2. The Bertz CT molecular complexity index is 984. The summed E-state index contributed by atoms with van der Waals surface area (Å²) in [7, 11) is 0. The number of phenolic OH excluding ortho intramolecular Hbond substituents is 1. The second-order valence-corrected chi connectivity index (χ2v) is 8.42. The molecule has 0 aliphatic carbocycles. The van der Waals surface area contributed by atoms with E-state index in [1.165, 1.54) is 11.8 Å². The summed E-state index contributed by atoms with van der Waals surface area (Å²) in [5.41, 5.74) is 1.66. The molecule has 0 atom stereocenters. The third-order valence-corrected chi connectivity index (χ3v) is 5.48. The monoisotopic (exact) mass is 399 g/mol. The molecule has 4 rings (SSSR count). The number of fused-ring (bicyclic) bond motifs is 1. The van der Waals surface area contributed by atoms with Crippen LogP contribution in [0.2, 0.25) is 0 Å². The molecule has 0 unspecified atom stereocenters. The van der Waals surface area contributed by atoms with Gasteiger partial charge in [0.25, 0.3) is 5.91 Å². The van der Waals surface area contributed by atoms with E-state index in [9.17, 15) is 9.90 Å². The molecule has 1 amide bonds. The van der Waals surface area contributed by atoms with Crippen molar-refractivity contribution >= 4 is 40.3 Å². The highest BCUT2D eigenvalue weighted by Gasteiger charge is 2.34. The normalized spacial score (nSPS) is 19.2. The quantitative estimate of drug-likeness (QED) is 0.613. The van der Waals surface area contributed by atoms with Crippen molar-refractivity contribution in [1.82, 2.24) is 4.90 Å². The van der Waals surface area contributed by atoms with Crippen LogP contribution in [-0.4, -0.2) is 26.0 Å². The van der Waals surface area contributed by atoms with Gasteiger partial charge in [0, 0.05) is 13.8 Å². The molecule has 0 radical (unpaired) electrons. The minimum Gasteiger partial charge on any atom is -0.508 e. The van der Waals surface area contributed by atoms with E-state index >= 15 is 0 Å². The summed E-state index contributed by atoms with van der Waals surface area (Å²) in [6, 6.07) is 12.4. The Labute approximate surface area is 166 Å². The molecule has 7 heteroatoms. The molecule has 2 aliphatic rings. The summed E-state index contributed by atoms with van der Waals surface area (Å²) < 4.78 is 12.0. The summed E-state index contributed by atoms with van der Waals surface area (Å²) in [5.74, 6) is 0.678. The minimum absolute atomic E-state index is 0.147. The molecule has 0 saturated carbocycles. The topological polar surface area (TPSA) is 59.0 Å². The summed E-state index contributed by atoms with van der Waals surface area (Å²) in [5, 5.41) is 9.59. The van der Waals surface area contributed by atoms with Crippen molar-refractivity contribution in [2.24, 2.45) is 0 Å². The fourth-order valence-electron chi connectivity index (χ4n) is 2.95. The number of thiocarbonyl (C=S) groups is 1. The fraction of sp³-hybridized carbons (Fsp3) is 0.200. The predicted molar refractivity (Wildman–Crippen MR) is 109 cm³/mol. The first-order valence-electron chi connectivity index (χ1n) is 8.36. The first-order chi connectivity index (χ1) is 12.8. The van der Waals surface area contributed by atoms with Gasteiger partial charge in [0.1, 0.15) is 10.1 Å². The van der Waals surface area contributed by atoms with E-state index < -0.39 is 5.79 Å². The molecule has 27 heavy (non-hydrogen) atoms. The van der Waals surface area contributed by atoms with Crippen LogP contribution >= 0.6 is 24.0 Å². The van der Waals surface area contributed by atoms with Gasteiger partial charge in [-0.25, -0.2) is 0 Å². The zero-order valence-electron chi connectivity index (χ0n) is 14.8. The van der Waals surface area contributed by atoms with E-state index in [1.807, 2.05) is 38.1 Å². The van der Waals surface area contributed by atoms with Gasteiger partial charge in [0.05, 0.1) is 11.4 Å². The van der Waals surface area contributed by atoms with Crippen LogP contribution in [0.3, 0.4) is 0 Å². The van der Waals surface area contributed by atoms with Crippen LogP contribution in [0, 0.1) is 0 Å². The third-order valence-electron chi connectivity index (χ3n) is 4.10. The molecule has 0 bridgehead atoms. The number of hydrogen-bond donors (Lipinski definition) is 1. The Hall–Kier alpha value is -2.51. The number of carbonyl (C=O) groups excluding carboxylic acids is 1. The van der Waals surface area contributed by atoms with Crippen molar-refractivity contribution in [3.63, 3.8) is 0 Å². The van der Waals surface area contributed by atoms with Crippen LogP contribution < -0.4 is 9.47 Å². The Morgan fingerprint density at radius 3 is 2.74 bits per heavy atom. The standard InChI is InChI=1S/C20H17NO4S2/c1-20(2)24-15-7-6-13(9-16(15)25-20)11-21-18(23)17(27-19(21)26)10-12-4-3-5-14(22)8-12/h3-10,22H,11H2,1-2H3/b17-10-. The van der Waals surface area contributed by atoms with E-state index in [4.69, 9.17) is 21.7 Å². The summed E-state index contributed by atoms with van der Waals surface area (Å²) >= 11 is 6.65. The molecule has 0 aromatic heterocycles. The highest BCUT2D eigenvalue weighted by Crippen LogP contribution is 2.40. The number of rotatable bonds is 3. The van der Waals surface area contributed by atoms with Gasteiger partial charge in [0.15, 0.2) is 11.5 Å². The Morgan fingerprint density at radius 1 is 1.19 bits per heavy atom. The maximum atomic E-state index is 12.8. The molecule has 5 nitrogen and oxygen atoms in total. The number of thioether (sulfide) groups is 1. The third kappa shape index (κ3) is 3.65. The van der Waals surface area contributed by atoms with Crippen molar-refractivity contribution in [1.29, 1.82) is 0 Å². The lowest BCUT2D eigenvalue weighted by Gasteiger charge is -2.16. The molecule has 1 fully saturated rings. The van der Waals surface area contributed by atoms with Crippen molar-refractivity contribution in [2.45, 2.75) is 26.2 Å². The number of ether oxygens (including phenoxy) is 2. The minimum atomic E-state index is -0.688. The number of phenols is 1. The van der Waals surface area contributed by atoms with Crippen LogP contribution in [0.4, 0.5) is 0 Å². The smallest absolute Gasteiger partial charge is 0.266 e. The van der Waals surface area contributed by atoms with E-state index in [2.05, 4.69) is 0 Å². The maximum Gasteiger partial charge on any atom is 0.266 e. The largest absolute Gasteiger partial charge is 0.508 e. The van der Waals surface area contributed by atoms with Crippen LogP contribution in [-0.2, 0) is 11.3 Å². The zero-order valence-corrected chi connectivity index (χ0v) is 16.4. The Balaban J connectivity index is 1.54. The van der Waals surface area contributed by atoms with Gasteiger partial charge in [-0.05, 0) is 41.5 Å². The molecule has 2 heterocycles. The molecule has 2 aromatic rings. The molecule has 1 saturated heterocycles. The summed E-state index contributed by atoms with van der Waals surface area (Å²) in [6.45, 7) is 4.06. The van der Waals surface area contributed by atoms with Crippen LogP contribution in [0.15, 0.2) is 47.4 Å². The number of benzene rings is 2. The van der Waals surface area contributed by atoms with Crippen molar-refractivity contribution in [2.75, 3.05) is 0 Å². The van der Waals surface area contributed by atoms with Gasteiger partial charge in [-0.1, -0.05) is 42.2 Å². The lowest BCUT2D eigenvalue weighted by atomic mass is 10.2. The van der Waals surface area contributed by atoms with Gasteiger partial charge in [-0.2, -0.15) is 0 Å². The number of aromatic hydroxyl groups is 1. The second-order valence-electron chi connectivity index (χ2n) is 6.75. The molecular weight excluding hydrogens is 382 g/mol. The van der Waals surface area contributed by atoms with Crippen molar-refractivity contribution < 1.29 is 19.4 Å². The predicted octanol–water partition coefficient (Wildman–Crippen LogP) is 4.30. The summed E-state index contributed by atoms with van der Waals surface area (Å²) in [4.78, 5) is 14.9. The first-order valence-corrected chi connectivity index (χ1v) is 9.59. The van der Waals surface area contributed by atoms with Crippen LogP contribution in [0.1, 0.15) is 25.0 Å². The Morgan fingerprint density at radius 2 is 1.96 bits per heavy atom. The molecule has 2 aromatic carbocycles. The van der Waals surface area contributed by atoms with Gasteiger partial charge < -0.3 is 14.6 Å². The van der Waals surface area contributed by atoms with E-state index in [-0.39, 0.29) is 11.7 Å². The van der Waals surface area contributed by atoms with Crippen molar-refractivity contribution in [3.05, 3.63) is 58.5 Å². The molecule has 2 aliphatic heterocycles.